The van der Waals surface area contributed by atoms with E-state index in [1.54, 1.807) is 18.3 Å². The first kappa shape index (κ1) is 31.1. The van der Waals surface area contributed by atoms with Crippen LogP contribution in [-0.4, -0.2) is 69.6 Å². The van der Waals surface area contributed by atoms with Crippen LogP contribution < -0.4 is 27.4 Å². The SMILES string of the molecule is CC(NC(=O)C(N)CCCCN)C(=O)NC(Cc1c[nH]c2ccccc12)C(=O)NC(Cc1ccc(O)cc1)C(=O)O. The van der Waals surface area contributed by atoms with Crippen LogP contribution in [0.1, 0.15) is 37.3 Å². The number of rotatable bonds is 15. The summed E-state index contributed by atoms with van der Waals surface area (Å²) in [6, 6.07) is 9.18. The largest absolute Gasteiger partial charge is 0.508 e. The van der Waals surface area contributed by atoms with E-state index in [1.807, 2.05) is 24.3 Å². The second-order valence-electron chi connectivity index (χ2n) is 10.0. The molecule has 3 aromatic rings. The summed E-state index contributed by atoms with van der Waals surface area (Å²) >= 11 is 0. The van der Waals surface area contributed by atoms with Crippen molar-refractivity contribution < 1.29 is 29.4 Å². The Morgan fingerprint density at radius 3 is 2.24 bits per heavy atom. The van der Waals surface area contributed by atoms with Crippen molar-refractivity contribution in [2.75, 3.05) is 6.54 Å². The molecule has 0 aliphatic heterocycles. The number of phenols is 1. The van der Waals surface area contributed by atoms with Gasteiger partial charge in [-0.25, -0.2) is 4.79 Å². The van der Waals surface area contributed by atoms with Crippen LogP contribution in [0.4, 0.5) is 0 Å². The zero-order chi connectivity index (χ0) is 29.9. The van der Waals surface area contributed by atoms with Gasteiger partial charge in [0, 0.05) is 29.9 Å². The number of aromatic nitrogens is 1. The van der Waals surface area contributed by atoms with Crippen molar-refractivity contribution in [3.63, 3.8) is 0 Å². The number of phenolic OH excluding ortho intramolecular Hbond substituents is 1. The first-order chi connectivity index (χ1) is 19.6. The molecule has 1 aromatic heterocycles. The summed E-state index contributed by atoms with van der Waals surface area (Å²) < 4.78 is 0. The maximum absolute atomic E-state index is 13.4. The zero-order valence-electron chi connectivity index (χ0n) is 22.9. The Kier molecular flexibility index (Phi) is 11.2. The second-order valence-corrected chi connectivity index (χ2v) is 10.0. The quantitative estimate of drug-likeness (QED) is 0.122. The molecule has 3 amide bonds. The summed E-state index contributed by atoms with van der Waals surface area (Å²) in [6.07, 6.45) is 3.57. The zero-order valence-corrected chi connectivity index (χ0v) is 22.9. The number of H-pyrrole nitrogens is 1. The van der Waals surface area contributed by atoms with Crippen LogP contribution in [0.5, 0.6) is 5.75 Å². The molecule has 0 saturated carbocycles. The Hall–Kier alpha value is -4.42. The van der Waals surface area contributed by atoms with Gasteiger partial charge in [0.1, 0.15) is 23.9 Å². The molecule has 220 valence electrons. The molecule has 41 heavy (non-hydrogen) atoms. The molecule has 0 bridgehead atoms. The molecule has 3 rings (SSSR count). The first-order valence-electron chi connectivity index (χ1n) is 13.5. The van der Waals surface area contributed by atoms with Crippen LogP contribution in [0.15, 0.2) is 54.7 Å². The lowest BCUT2D eigenvalue weighted by Crippen LogP contribution is -2.57. The Labute approximate surface area is 237 Å². The second kappa shape index (κ2) is 14.8. The number of aliphatic carboxylic acids is 1. The number of aromatic amines is 1. The average molecular weight is 567 g/mol. The van der Waals surface area contributed by atoms with Crippen LogP contribution in [-0.2, 0) is 32.0 Å². The molecule has 0 fully saturated rings. The summed E-state index contributed by atoms with van der Waals surface area (Å²) in [4.78, 5) is 54.2. The van der Waals surface area contributed by atoms with Crippen molar-refractivity contribution in [1.82, 2.24) is 20.9 Å². The molecule has 4 atom stereocenters. The van der Waals surface area contributed by atoms with Crippen molar-refractivity contribution >= 4 is 34.6 Å². The number of nitrogens with one attached hydrogen (secondary N) is 4. The van der Waals surface area contributed by atoms with Crippen LogP contribution in [0.3, 0.4) is 0 Å². The molecular weight excluding hydrogens is 528 g/mol. The molecule has 0 aliphatic rings. The number of unbranched alkanes of at least 4 members (excludes halogenated alkanes) is 1. The molecule has 0 radical (unpaired) electrons. The van der Waals surface area contributed by atoms with Gasteiger partial charge in [0.25, 0.3) is 0 Å². The minimum atomic E-state index is -1.29. The van der Waals surface area contributed by atoms with Crippen LogP contribution in [0.2, 0.25) is 0 Å². The number of carboxylic acids is 1. The van der Waals surface area contributed by atoms with Gasteiger partial charge in [-0.2, -0.15) is 0 Å². The maximum Gasteiger partial charge on any atom is 0.326 e. The molecule has 1 heterocycles. The molecule has 0 spiro atoms. The van der Waals surface area contributed by atoms with Gasteiger partial charge in [-0.3, -0.25) is 14.4 Å². The Morgan fingerprint density at radius 2 is 1.56 bits per heavy atom. The lowest BCUT2D eigenvalue weighted by atomic mass is 10.0. The third-order valence-electron chi connectivity index (χ3n) is 6.78. The molecule has 12 nitrogen and oxygen atoms in total. The van der Waals surface area contributed by atoms with E-state index in [4.69, 9.17) is 11.5 Å². The monoisotopic (exact) mass is 566 g/mol. The third-order valence-corrected chi connectivity index (χ3v) is 6.78. The number of benzene rings is 2. The minimum absolute atomic E-state index is 0.0314. The molecular formula is C29H38N6O6. The summed E-state index contributed by atoms with van der Waals surface area (Å²) in [7, 11) is 0. The predicted molar refractivity (Wildman–Crippen MR) is 154 cm³/mol. The highest BCUT2D eigenvalue weighted by Crippen LogP contribution is 2.19. The van der Waals surface area contributed by atoms with Crippen molar-refractivity contribution in [3.8, 4) is 5.75 Å². The van der Waals surface area contributed by atoms with Gasteiger partial charge in [0.05, 0.1) is 6.04 Å². The normalized spacial score (nSPS) is 14.0. The lowest BCUT2D eigenvalue weighted by Gasteiger charge is -2.24. The summed E-state index contributed by atoms with van der Waals surface area (Å²) in [5.74, 6) is -3.05. The van der Waals surface area contributed by atoms with Crippen LogP contribution >= 0.6 is 0 Å². The Balaban J connectivity index is 1.75. The van der Waals surface area contributed by atoms with Gasteiger partial charge < -0.3 is 42.6 Å². The number of nitrogens with two attached hydrogens (primary N) is 2. The molecule has 12 heteroatoms. The fourth-order valence-electron chi connectivity index (χ4n) is 4.39. The van der Waals surface area contributed by atoms with Crippen molar-refractivity contribution in [1.29, 1.82) is 0 Å². The fourth-order valence-corrected chi connectivity index (χ4v) is 4.39. The van der Waals surface area contributed by atoms with Gasteiger partial charge in [-0.15, -0.1) is 0 Å². The van der Waals surface area contributed by atoms with E-state index in [1.165, 1.54) is 19.1 Å². The summed E-state index contributed by atoms with van der Waals surface area (Å²) in [6.45, 7) is 1.97. The van der Waals surface area contributed by atoms with Gasteiger partial charge in [-0.05, 0) is 55.6 Å². The number of carbonyl (C=O) groups excluding carboxylic acids is 3. The number of para-hydroxylation sites is 1. The average Bonchev–Trinajstić information content (AvgIpc) is 3.35. The molecule has 2 aromatic carbocycles. The number of fused-ring (bicyclic) bond motifs is 1. The highest BCUT2D eigenvalue weighted by Gasteiger charge is 2.30. The topological polar surface area (TPSA) is 213 Å². The van der Waals surface area contributed by atoms with E-state index in [-0.39, 0.29) is 18.6 Å². The summed E-state index contributed by atoms with van der Waals surface area (Å²) in [5.41, 5.74) is 13.6. The van der Waals surface area contributed by atoms with Gasteiger partial charge >= 0.3 is 5.97 Å². The summed E-state index contributed by atoms with van der Waals surface area (Å²) in [5, 5.41) is 27.9. The van der Waals surface area contributed by atoms with Crippen molar-refractivity contribution in [2.45, 2.75) is 63.2 Å². The minimum Gasteiger partial charge on any atom is -0.508 e. The van der Waals surface area contributed by atoms with E-state index in [0.717, 1.165) is 22.9 Å². The molecule has 10 N–H and O–H groups in total. The van der Waals surface area contributed by atoms with E-state index in [2.05, 4.69) is 20.9 Å². The Morgan fingerprint density at radius 1 is 0.878 bits per heavy atom. The van der Waals surface area contributed by atoms with E-state index in [0.29, 0.717) is 24.9 Å². The van der Waals surface area contributed by atoms with E-state index >= 15 is 0 Å². The fraction of sp³-hybridized carbons (Fsp3) is 0.379. The number of aromatic hydroxyl groups is 1. The standard InChI is InChI=1S/C29H38N6O6/c1-17(33-27(38)22(31)7-4-5-13-30)26(37)34-24(15-19-16-32-23-8-3-2-6-21(19)23)28(39)35-25(29(40)41)14-18-9-11-20(36)12-10-18/h2-3,6,8-12,16-17,22,24-25,32,36H,4-5,7,13-15,30-31H2,1H3,(H,33,38)(H,34,37)(H,35,39)(H,40,41). The lowest BCUT2D eigenvalue weighted by molar-refractivity contribution is -0.142. The highest BCUT2D eigenvalue weighted by molar-refractivity contribution is 5.94. The van der Waals surface area contributed by atoms with Gasteiger partial charge in [-0.1, -0.05) is 36.8 Å². The number of hydrogen-bond donors (Lipinski definition) is 8. The smallest absolute Gasteiger partial charge is 0.326 e. The molecule has 4 unspecified atom stereocenters. The highest BCUT2D eigenvalue weighted by atomic mass is 16.4. The number of carbonyl (C=O) groups is 4. The van der Waals surface area contributed by atoms with E-state index in [9.17, 15) is 29.4 Å². The maximum atomic E-state index is 13.4. The number of amides is 3. The van der Waals surface area contributed by atoms with Gasteiger partial charge in [0.15, 0.2) is 0 Å². The molecule has 0 saturated heterocycles. The first-order valence-corrected chi connectivity index (χ1v) is 13.5. The number of hydrogen-bond acceptors (Lipinski definition) is 7. The van der Waals surface area contributed by atoms with Crippen molar-refractivity contribution in [2.24, 2.45) is 11.5 Å². The van der Waals surface area contributed by atoms with Gasteiger partial charge in [0.2, 0.25) is 17.7 Å². The third kappa shape index (κ3) is 9.05. The molecule has 0 aliphatic carbocycles. The number of carboxylic acid groups (broad SMARTS) is 1. The van der Waals surface area contributed by atoms with Crippen LogP contribution in [0, 0.1) is 0 Å². The van der Waals surface area contributed by atoms with E-state index < -0.39 is 47.9 Å². The predicted octanol–water partition coefficient (Wildman–Crippen LogP) is 0.674. The Bertz CT molecular complexity index is 1340. The van der Waals surface area contributed by atoms with Crippen LogP contribution in [0.25, 0.3) is 10.9 Å². The van der Waals surface area contributed by atoms with Crippen molar-refractivity contribution in [3.05, 3.63) is 65.9 Å².